The van der Waals surface area contributed by atoms with Gasteiger partial charge in [0.25, 0.3) is 0 Å². The van der Waals surface area contributed by atoms with Gasteiger partial charge in [0.1, 0.15) is 6.07 Å². The number of rotatable bonds is 6. The molecule has 7 heteroatoms. The lowest BCUT2D eigenvalue weighted by Crippen LogP contribution is -2.50. The van der Waals surface area contributed by atoms with Crippen LogP contribution in [0.3, 0.4) is 0 Å². The van der Waals surface area contributed by atoms with Crippen molar-refractivity contribution in [1.29, 1.82) is 5.26 Å². The molecular formula is C18H25N5O2. The van der Waals surface area contributed by atoms with E-state index in [4.69, 9.17) is 10.00 Å². The van der Waals surface area contributed by atoms with Gasteiger partial charge in [-0.3, -0.25) is 4.79 Å². The number of carbonyl (C=O) groups is 1. The van der Waals surface area contributed by atoms with E-state index in [0.29, 0.717) is 31.1 Å². The van der Waals surface area contributed by atoms with Crippen LogP contribution in [-0.2, 0) is 9.53 Å². The third-order valence-corrected chi connectivity index (χ3v) is 5.33. The number of anilines is 1. The second-order valence-corrected chi connectivity index (χ2v) is 6.90. The molecule has 134 valence electrons. The molecule has 0 N–H and O–H groups in total. The van der Waals surface area contributed by atoms with E-state index in [2.05, 4.69) is 28.7 Å². The quantitative estimate of drug-likeness (QED) is 0.732. The molecule has 2 aliphatic rings. The maximum atomic E-state index is 12.6. The van der Waals surface area contributed by atoms with Crippen molar-refractivity contribution in [3.05, 3.63) is 18.0 Å². The third-order valence-electron chi connectivity index (χ3n) is 5.33. The average Bonchev–Trinajstić information content (AvgIpc) is 3.13. The number of likely N-dealkylation sites (tertiary alicyclic amines) is 1. The Balaban J connectivity index is 1.67. The van der Waals surface area contributed by atoms with Crippen LogP contribution >= 0.6 is 0 Å². The second kappa shape index (κ2) is 7.36. The molecule has 2 atom stereocenters. The Morgan fingerprint density at radius 2 is 2.16 bits per heavy atom. The molecule has 0 unspecified atom stereocenters. The van der Waals surface area contributed by atoms with E-state index in [1.54, 1.807) is 12.4 Å². The molecule has 0 bridgehead atoms. The van der Waals surface area contributed by atoms with Crippen molar-refractivity contribution in [3.63, 3.8) is 0 Å². The van der Waals surface area contributed by atoms with Crippen molar-refractivity contribution < 1.29 is 9.53 Å². The van der Waals surface area contributed by atoms with E-state index in [1.807, 2.05) is 11.0 Å². The van der Waals surface area contributed by atoms with Crippen molar-refractivity contribution >= 4 is 11.9 Å². The summed E-state index contributed by atoms with van der Waals surface area (Å²) in [6, 6.07) is 2.26. The number of aromatic nitrogens is 2. The number of fused-ring (bicyclic) bond motifs is 1. The lowest BCUT2D eigenvalue weighted by molar-refractivity contribution is -0.135. The Bertz CT molecular complexity index is 656. The number of nitriles is 1. The Hall–Kier alpha value is -2.20. The molecule has 0 aromatic carbocycles. The molecule has 2 aliphatic heterocycles. The van der Waals surface area contributed by atoms with Gasteiger partial charge in [-0.25, -0.2) is 9.97 Å². The Kier molecular flexibility index (Phi) is 5.19. The Morgan fingerprint density at radius 1 is 1.40 bits per heavy atom. The Morgan fingerprint density at radius 3 is 2.84 bits per heavy atom. The summed E-state index contributed by atoms with van der Waals surface area (Å²) in [6.45, 7) is 7.01. The summed E-state index contributed by atoms with van der Waals surface area (Å²) >= 11 is 0. The first-order valence-corrected chi connectivity index (χ1v) is 8.97. The topological polar surface area (TPSA) is 82.4 Å². The monoisotopic (exact) mass is 343 g/mol. The van der Waals surface area contributed by atoms with Gasteiger partial charge in [0.2, 0.25) is 11.9 Å². The summed E-state index contributed by atoms with van der Waals surface area (Å²) in [5.74, 6) is 0.817. The number of amides is 1. The molecule has 0 aliphatic carbocycles. The van der Waals surface area contributed by atoms with Gasteiger partial charge in [0.15, 0.2) is 0 Å². The van der Waals surface area contributed by atoms with Crippen LogP contribution in [0.4, 0.5) is 5.95 Å². The fourth-order valence-electron chi connectivity index (χ4n) is 4.01. The van der Waals surface area contributed by atoms with Gasteiger partial charge in [-0.2, -0.15) is 5.26 Å². The van der Waals surface area contributed by atoms with Crippen molar-refractivity contribution in [2.45, 2.75) is 51.1 Å². The maximum absolute atomic E-state index is 12.6. The highest BCUT2D eigenvalue weighted by atomic mass is 16.5. The fraction of sp³-hybridized carbons (Fsp3) is 0.667. The van der Waals surface area contributed by atoms with Crippen molar-refractivity contribution in [3.8, 4) is 6.07 Å². The second-order valence-electron chi connectivity index (χ2n) is 6.90. The lowest BCUT2D eigenvalue weighted by atomic mass is 9.93. The largest absolute Gasteiger partial charge is 0.381 e. The van der Waals surface area contributed by atoms with Crippen LogP contribution in [0, 0.1) is 11.3 Å². The highest BCUT2D eigenvalue weighted by molar-refractivity contribution is 5.78. The van der Waals surface area contributed by atoms with Crippen LogP contribution in [-0.4, -0.2) is 58.7 Å². The molecule has 7 nitrogen and oxygen atoms in total. The highest BCUT2D eigenvalue weighted by Gasteiger charge is 2.54. The van der Waals surface area contributed by atoms with Crippen LogP contribution in [0.25, 0.3) is 0 Å². The zero-order valence-electron chi connectivity index (χ0n) is 14.9. The molecular weight excluding hydrogens is 318 g/mol. The van der Waals surface area contributed by atoms with E-state index in [9.17, 15) is 4.79 Å². The predicted molar refractivity (Wildman–Crippen MR) is 93.0 cm³/mol. The van der Waals surface area contributed by atoms with Crippen molar-refractivity contribution in [2.24, 2.45) is 0 Å². The van der Waals surface area contributed by atoms with E-state index in [0.717, 1.165) is 32.4 Å². The minimum atomic E-state index is -0.181. The summed E-state index contributed by atoms with van der Waals surface area (Å²) in [5.41, 5.74) is 0.278. The first-order valence-electron chi connectivity index (χ1n) is 8.97. The van der Waals surface area contributed by atoms with Crippen molar-refractivity contribution in [1.82, 2.24) is 14.9 Å². The summed E-state index contributed by atoms with van der Waals surface area (Å²) in [4.78, 5) is 25.5. The maximum Gasteiger partial charge on any atom is 0.225 e. The zero-order valence-corrected chi connectivity index (χ0v) is 14.9. The number of nitrogens with zero attached hydrogens (tertiary/aromatic N) is 5. The molecule has 3 rings (SSSR count). The smallest absolute Gasteiger partial charge is 0.225 e. The molecule has 0 saturated carbocycles. The molecule has 3 heterocycles. The molecule has 2 saturated heterocycles. The zero-order chi connectivity index (χ0) is 17.9. The van der Waals surface area contributed by atoms with Gasteiger partial charge in [0, 0.05) is 19.7 Å². The molecule has 1 aromatic rings. The molecule has 0 radical (unpaired) electrons. The summed E-state index contributed by atoms with van der Waals surface area (Å²) in [5, 5.41) is 8.89. The summed E-state index contributed by atoms with van der Waals surface area (Å²) < 4.78 is 5.47. The number of hydrogen-bond donors (Lipinski definition) is 0. The van der Waals surface area contributed by atoms with Crippen LogP contribution in [0.2, 0.25) is 0 Å². The molecule has 2 fully saturated rings. The van der Waals surface area contributed by atoms with Gasteiger partial charge in [0.05, 0.1) is 42.6 Å². The number of carbonyl (C=O) groups excluding carboxylic acids is 1. The lowest BCUT2D eigenvalue weighted by Gasteiger charge is -2.36. The summed E-state index contributed by atoms with van der Waals surface area (Å²) in [6.07, 6.45) is 6.35. The van der Waals surface area contributed by atoms with Crippen LogP contribution < -0.4 is 4.90 Å². The number of hydrogen-bond acceptors (Lipinski definition) is 6. The van der Waals surface area contributed by atoms with E-state index in [1.165, 1.54) is 0 Å². The van der Waals surface area contributed by atoms with E-state index >= 15 is 0 Å². The number of ether oxygens (including phenoxy) is 1. The Labute approximate surface area is 148 Å². The first-order chi connectivity index (χ1) is 12.1. The molecule has 0 spiro atoms. The molecule has 1 amide bonds. The highest BCUT2D eigenvalue weighted by Crippen LogP contribution is 2.42. The molecule has 25 heavy (non-hydrogen) atoms. The van der Waals surface area contributed by atoms with Crippen LogP contribution in [0.1, 0.15) is 45.1 Å². The summed E-state index contributed by atoms with van der Waals surface area (Å²) in [7, 11) is 0. The van der Waals surface area contributed by atoms with Gasteiger partial charge in [-0.1, -0.05) is 6.92 Å². The average molecular weight is 343 g/mol. The van der Waals surface area contributed by atoms with Gasteiger partial charge < -0.3 is 14.5 Å². The van der Waals surface area contributed by atoms with Gasteiger partial charge in [-0.15, -0.1) is 0 Å². The SMILES string of the molecule is CCCOCCC(=O)N1CC[C@H]2N(c3ncc(C#N)cn3)CC[C@]21C. The normalized spacial score (nSPS) is 25.1. The predicted octanol–water partition coefficient (Wildman–Crippen LogP) is 1.73. The van der Waals surface area contributed by atoms with Crippen LogP contribution in [0.5, 0.6) is 0 Å². The van der Waals surface area contributed by atoms with E-state index in [-0.39, 0.29) is 17.5 Å². The standard InChI is InChI=1S/C18H25N5O2/c1-3-9-25-10-5-16(24)23-7-4-15-18(23,2)6-8-22(15)17-20-12-14(11-19)13-21-17/h12-13,15H,3-10H2,1-2H3/t15-,18-/m1/s1. The third kappa shape index (κ3) is 3.31. The van der Waals surface area contributed by atoms with Gasteiger partial charge >= 0.3 is 0 Å². The fourth-order valence-corrected chi connectivity index (χ4v) is 4.01. The van der Waals surface area contributed by atoms with Crippen molar-refractivity contribution in [2.75, 3.05) is 31.2 Å². The minimum absolute atomic E-state index is 0.170. The van der Waals surface area contributed by atoms with Gasteiger partial charge in [-0.05, 0) is 26.2 Å². The molecule has 1 aromatic heterocycles. The van der Waals surface area contributed by atoms with E-state index < -0.39 is 0 Å². The van der Waals surface area contributed by atoms with Crippen LogP contribution in [0.15, 0.2) is 12.4 Å². The minimum Gasteiger partial charge on any atom is -0.381 e. The first kappa shape index (κ1) is 17.6.